The van der Waals surface area contributed by atoms with Gasteiger partial charge in [0.05, 0.1) is 21.2 Å². The van der Waals surface area contributed by atoms with Crippen LogP contribution in [0.1, 0.15) is 11.1 Å². The molecule has 0 saturated carbocycles. The van der Waals surface area contributed by atoms with E-state index in [9.17, 15) is 10.1 Å². The molecule has 0 amide bonds. The normalized spacial score (nSPS) is 10.8. The molecule has 0 bridgehead atoms. The molecule has 0 heterocycles. The molecule has 0 fully saturated rings. The van der Waals surface area contributed by atoms with Crippen molar-refractivity contribution in [3.05, 3.63) is 67.7 Å². The van der Waals surface area contributed by atoms with E-state index in [1.165, 1.54) is 18.3 Å². The lowest BCUT2D eigenvalue weighted by molar-refractivity contribution is -0.385. The van der Waals surface area contributed by atoms with Crippen LogP contribution in [0.5, 0.6) is 5.75 Å². The summed E-state index contributed by atoms with van der Waals surface area (Å²) in [6.07, 6.45) is 1.32. The molecule has 2 N–H and O–H groups in total. The molecule has 8 heteroatoms. The maximum absolute atomic E-state index is 11.1. The van der Waals surface area contributed by atoms with Gasteiger partial charge in [0.2, 0.25) is 0 Å². The first-order chi connectivity index (χ1) is 10.5. The summed E-state index contributed by atoms with van der Waals surface area (Å²) in [7, 11) is 0. The first kappa shape index (κ1) is 16.1. The van der Waals surface area contributed by atoms with Crippen molar-refractivity contribution in [1.82, 2.24) is 0 Å². The highest BCUT2D eigenvalue weighted by Gasteiger charge is 2.16. The molecule has 2 aromatic carbocycles. The third-order valence-corrected chi connectivity index (χ3v) is 3.52. The number of nitrogens with two attached hydrogens (primary N) is 1. The minimum Gasteiger partial charge on any atom is -0.482 e. The molecule has 0 aliphatic heterocycles. The van der Waals surface area contributed by atoms with E-state index >= 15 is 0 Å². The van der Waals surface area contributed by atoms with Gasteiger partial charge in [-0.25, -0.2) is 0 Å². The summed E-state index contributed by atoms with van der Waals surface area (Å²) in [4.78, 5) is 10.6. The summed E-state index contributed by atoms with van der Waals surface area (Å²) in [6.45, 7) is 0.127. The summed E-state index contributed by atoms with van der Waals surface area (Å²) in [5, 5.41) is 15.3. The van der Waals surface area contributed by atoms with Crippen molar-refractivity contribution in [1.29, 1.82) is 0 Å². The molecule has 0 aliphatic carbocycles. The minimum atomic E-state index is -0.530. The van der Waals surface area contributed by atoms with Crippen LogP contribution in [0.2, 0.25) is 10.0 Å². The van der Waals surface area contributed by atoms with E-state index in [2.05, 4.69) is 5.10 Å². The number of ether oxygens (including phenoxy) is 1. The Morgan fingerprint density at radius 1 is 1.23 bits per heavy atom. The van der Waals surface area contributed by atoms with E-state index < -0.39 is 4.92 Å². The quantitative estimate of drug-likeness (QED) is 0.388. The summed E-state index contributed by atoms with van der Waals surface area (Å²) in [6, 6.07) is 9.46. The molecule has 0 radical (unpaired) electrons. The zero-order valence-electron chi connectivity index (χ0n) is 11.2. The van der Waals surface area contributed by atoms with Crippen molar-refractivity contribution < 1.29 is 9.66 Å². The Morgan fingerprint density at radius 3 is 2.64 bits per heavy atom. The average molecular weight is 340 g/mol. The lowest BCUT2D eigenvalue weighted by Gasteiger charge is -2.08. The number of nitro groups is 1. The Morgan fingerprint density at radius 2 is 2.00 bits per heavy atom. The highest BCUT2D eigenvalue weighted by atomic mass is 35.5. The molecule has 0 aliphatic rings. The van der Waals surface area contributed by atoms with Crippen LogP contribution in [-0.2, 0) is 6.61 Å². The van der Waals surface area contributed by atoms with Crippen molar-refractivity contribution in [3.8, 4) is 5.75 Å². The van der Waals surface area contributed by atoms with Gasteiger partial charge in [-0.1, -0.05) is 29.3 Å². The van der Waals surface area contributed by atoms with E-state index in [4.69, 9.17) is 33.8 Å². The summed E-state index contributed by atoms with van der Waals surface area (Å²) in [5.74, 6) is 5.17. The molecular formula is C14H11Cl2N3O3. The number of nitro benzene ring substituents is 1. The maximum atomic E-state index is 11.1. The number of nitrogens with zero attached hydrogens (tertiary/aromatic N) is 2. The zero-order valence-corrected chi connectivity index (χ0v) is 12.7. The second-order valence-corrected chi connectivity index (χ2v) is 5.11. The number of hydrogen-bond acceptors (Lipinski definition) is 5. The van der Waals surface area contributed by atoms with Gasteiger partial charge in [-0.05, 0) is 29.8 Å². The first-order valence-electron chi connectivity index (χ1n) is 6.09. The lowest BCUT2D eigenvalue weighted by atomic mass is 10.2. The predicted octanol–water partition coefficient (Wildman–Crippen LogP) is 3.77. The van der Waals surface area contributed by atoms with Gasteiger partial charge in [0, 0.05) is 11.6 Å². The smallest absolute Gasteiger partial charge is 0.311 e. The molecule has 0 aromatic heterocycles. The van der Waals surface area contributed by atoms with Gasteiger partial charge in [-0.3, -0.25) is 10.1 Å². The molecular weight excluding hydrogens is 329 g/mol. The van der Waals surface area contributed by atoms with E-state index in [0.717, 1.165) is 5.56 Å². The maximum Gasteiger partial charge on any atom is 0.311 e. The molecule has 0 unspecified atom stereocenters. The Hall–Kier alpha value is -2.31. The fourth-order valence-corrected chi connectivity index (χ4v) is 2.08. The fourth-order valence-electron chi connectivity index (χ4n) is 1.76. The highest BCUT2D eigenvalue weighted by molar-refractivity contribution is 6.42. The Bertz CT molecular complexity index is 735. The fraction of sp³-hybridized carbons (Fsp3) is 0.0714. The zero-order chi connectivity index (χ0) is 16.1. The topological polar surface area (TPSA) is 90.8 Å². The van der Waals surface area contributed by atoms with E-state index in [0.29, 0.717) is 15.6 Å². The molecule has 0 atom stereocenters. The molecule has 22 heavy (non-hydrogen) atoms. The van der Waals surface area contributed by atoms with Crippen LogP contribution in [0.3, 0.4) is 0 Å². The van der Waals surface area contributed by atoms with E-state index in [-0.39, 0.29) is 18.0 Å². The standard InChI is InChI=1S/C14H11Cl2N3O3/c15-11-3-1-10(5-12(11)16)8-22-14-4-2-9(7-18-17)6-13(14)19(20)21/h1-7H,8,17H2. The molecule has 2 aromatic rings. The number of hydrazone groups is 1. The second kappa shape index (κ2) is 7.11. The summed E-state index contributed by atoms with van der Waals surface area (Å²) < 4.78 is 5.49. The van der Waals surface area contributed by atoms with Crippen LogP contribution in [0.25, 0.3) is 0 Å². The second-order valence-electron chi connectivity index (χ2n) is 4.30. The molecule has 0 saturated heterocycles. The largest absolute Gasteiger partial charge is 0.482 e. The molecule has 114 valence electrons. The number of halogens is 2. The van der Waals surface area contributed by atoms with Crippen LogP contribution in [-0.4, -0.2) is 11.1 Å². The van der Waals surface area contributed by atoms with Crippen molar-refractivity contribution in [2.45, 2.75) is 6.61 Å². The van der Waals surface area contributed by atoms with Crippen LogP contribution >= 0.6 is 23.2 Å². The van der Waals surface area contributed by atoms with Crippen LogP contribution < -0.4 is 10.6 Å². The Kier molecular flexibility index (Phi) is 5.19. The SMILES string of the molecule is NN=Cc1ccc(OCc2ccc(Cl)c(Cl)c2)c([N+](=O)[O-])c1. The van der Waals surface area contributed by atoms with Crippen molar-refractivity contribution in [2.24, 2.45) is 10.9 Å². The van der Waals surface area contributed by atoms with Crippen LogP contribution in [0, 0.1) is 10.1 Å². The van der Waals surface area contributed by atoms with E-state index in [1.54, 1.807) is 24.3 Å². The van der Waals surface area contributed by atoms with E-state index in [1.807, 2.05) is 0 Å². The predicted molar refractivity (Wildman–Crippen MR) is 85.7 cm³/mol. The van der Waals surface area contributed by atoms with Gasteiger partial charge in [0.15, 0.2) is 5.75 Å². The molecule has 0 spiro atoms. The van der Waals surface area contributed by atoms with Crippen molar-refractivity contribution in [3.63, 3.8) is 0 Å². The van der Waals surface area contributed by atoms with Gasteiger partial charge >= 0.3 is 5.69 Å². The number of rotatable bonds is 5. The lowest BCUT2D eigenvalue weighted by Crippen LogP contribution is -2.00. The Balaban J connectivity index is 2.21. The Labute approximate surface area is 136 Å². The van der Waals surface area contributed by atoms with Crippen molar-refractivity contribution in [2.75, 3.05) is 0 Å². The number of hydrogen-bond donors (Lipinski definition) is 1. The van der Waals surface area contributed by atoms with Crippen LogP contribution in [0.4, 0.5) is 5.69 Å². The van der Waals surface area contributed by atoms with Crippen LogP contribution in [0.15, 0.2) is 41.5 Å². The molecule has 6 nitrogen and oxygen atoms in total. The first-order valence-corrected chi connectivity index (χ1v) is 6.85. The van der Waals surface area contributed by atoms with Gasteiger partial charge in [-0.15, -0.1) is 0 Å². The summed E-state index contributed by atoms with van der Waals surface area (Å²) in [5.41, 5.74) is 1.09. The summed E-state index contributed by atoms with van der Waals surface area (Å²) >= 11 is 11.7. The third-order valence-electron chi connectivity index (χ3n) is 2.78. The average Bonchev–Trinajstić information content (AvgIpc) is 2.49. The van der Waals surface area contributed by atoms with Crippen molar-refractivity contribution >= 4 is 35.1 Å². The van der Waals surface area contributed by atoms with Gasteiger partial charge in [0.25, 0.3) is 0 Å². The highest BCUT2D eigenvalue weighted by Crippen LogP contribution is 2.29. The van der Waals surface area contributed by atoms with Gasteiger partial charge in [-0.2, -0.15) is 5.10 Å². The number of benzene rings is 2. The van der Waals surface area contributed by atoms with Gasteiger partial charge in [0.1, 0.15) is 6.61 Å². The minimum absolute atomic E-state index is 0.127. The third kappa shape index (κ3) is 3.87. The molecule has 2 rings (SSSR count). The monoisotopic (exact) mass is 339 g/mol. The van der Waals surface area contributed by atoms with Gasteiger partial charge < -0.3 is 10.6 Å².